The number of carbonyl (C=O) groups is 2. The summed E-state index contributed by atoms with van der Waals surface area (Å²) in [6, 6.07) is 7.01. The number of hydrogen-bond donors (Lipinski definition) is 2. The first-order valence-electron chi connectivity index (χ1n) is 9.30. The average molecular weight is 387 g/mol. The van der Waals surface area contributed by atoms with Gasteiger partial charge in [0.05, 0.1) is 29.8 Å². The summed E-state index contributed by atoms with van der Waals surface area (Å²) in [7, 11) is 0. The molecule has 2 rings (SSSR count). The van der Waals surface area contributed by atoms with Gasteiger partial charge >= 0.3 is 12.2 Å². The van der Waals surface area contributed by atoms with Crippen LogP contribution in [0.1, 0.15) is 58.7 Å². The van der Waals surface area contributed by atoms with E-state index in [1.165, 1.54) is 9.80 Å². The first-order valence-corrected chi connectivity index (χ1v) is 9.30. The van der Waals surface area contributed by atoms with E-state index in [-0.39, 0.29) is 6.54 Å². The van der Waals surface area contributed by atoms with Crippen LogP contribution in [0.25, 0.3) is 0 Å². The SMILES string of the molecule is CC(C)(C)C1CN(C(=O)O)[C@@H](c2ccc(C#N)cc2)C(C(C)(C)C)N1C(=O)O. The highest BCUT2D eigenvalue weighted by molar-refractivity contribution is 5.70. The Morgan fingerprint density at radius 2 is 1.54 bits per heavy atom. The van der Waals surface area contributed by atoms with Gasteiger partial charge in [0.15, 0.2) is 0 Å². The summed E-state index contributed by atoms with van der Waals surface area (Å²) in [5.74, 6) is 0. The molecule has 2 unspecified atom stereocenters. The lowest BCUT2D eigenvalue weighted by Crippen LogP contribution is -2.68. The normalized spacial score (nSPS) is 23.2. The van der Waals surface area contributed by atoms with Gasteiger partial charge in [0, 0.05) is 6.54 Å². The van der Waals surface area contributed by atoms with Crippen molar-refractivity contribution in [2.75, 3.05) is 6.54 Å². The molecule has 28 heavy (non-hydrogen) atoms. The van der Waals surface area contributed by atoms with Gasteiger partial charge in [-0.25, -0.2) is 9.59 Å². The molecule has 7 nitrogen and oxygen atoms in total. The topological polar surface area (TPSA) is 105 Å². The van der Waals surface area contributed by atoms with E-state index >= 15 is 0 Å². The fraction of sp³-hybridized carbons (Fsp3) is 0.571. The molecule has 2 N–H and O–H groups in total. The van der Waals surface area contributed by atoms with Crippen molar-refractivity contribution in [3.8, 4) is 6.07 Å². The minimum Gasteiger partial charge on any atom is -0.465 e. The predicted octanol–water partition coefficient (Wildman–Crippen LogP) is 4.40. The second-order valence-electron chi connectivity index (χ2n) is 9.50. The lowest BCUT2D eigenvalue weighted by molar-refractivity contribution is -0.0723. The van der Waals surface area contributed by atoms with E-state index in [0.717, 1.165) is 0 Å². The molecule has 2 amide bonds. The Kier molecular flexibility index (Phi) is 5.65. The van der Waals surface area contributed by atoms with E-state index in [2.05, 4.69) is 6.07 Å². The third-order valence-electron chi connectivity index (χ3n) is 5.37. The lowest BCUT2D eigenvalue weighted by atomic mass is 9.72. The van der Waals surface area contributed by atoms with Crippen molar-refractivity contribution in [3.05, 3.63) is 35.4 Å². The summed E-state index contributed by atoms with van der Waals surface area (Å²) < 4.78 is 0. The van der Waals surface area contributed by atoms with E-state index in [9.17, 15) is 19.8 Å². The minimum atomic E-state index is -1.08. The number of piperazine rings is 1. The largest absolute Gasteiger partial charge is 0.465 e. The van der Waals surface area contributed by atoms with Crippen molar-refractivity contribution in [1.82, 2.24) is 9.80 Å². The van der Waals surface area contributed by atoms with Crippen LogP contribution >= 0.6 is 0 Å². The molecule has 152 valence electrons. The summed E-state index contributed by atoms with van der Waals surface area (Å²) in [6.07, 6.45) is -2.13. The van der Waals surface area contributed by atoms with E-state index in [1.807, 2.05) is 41.5 Å². The molecule has 0 bridgehead atoms. The minimum absolute atomic E-state index is 0.0857. The second kappa shape index (κ2) is 7.34. The molecule has 3 atom stereocenters. The Balaban J connectivity index is 2.71. The quantitative estimate of drug-likeness (QED) is 0.743. The summed E-state index contributed by atoms with van der Waals surface area (Å²) in [5.41, 5.74) is 0.191. The molecular formula is C21H29N3O4. The number of amides is 2. The average Bonchev–Trinajstić information content (AvgIpc) is 2.58. The van der Waals surface area contributed by atoms with Crippen molar-refractivity contribution in [3.63, 3.8) is 0 Å². The van der Waals surface area contributed by atoms with Gasteiger partial charge in [0.2, 0.25) is 0 Å². The summed E-state index contributed by atoms with van der Waals surface area (Å²) in [4.78, 5) is 27.3. The van der Waals surface area contributed by atoms with E-state index in [4.69, 9.17) is 5.26 Å². The number of hydrogen-bond acceptors (Lipinski definition) is 3. The van der Waals surface area contributed by atoms with E-state index in [0.29, 0.717) is 11.1 Å². The Labute approximate surface area is 166 Å². The standard InChI is InChI=1S/C21H29N3O4/c1-20(2,3)15-12-23(18(25)26)16(14-9-7-13(11-22)8-10-14)17(21(4,5)6)24(15)19(27)28/h7-10,15-17H,12H2,1-6H3,(H,25,26)(H,27,28)/t15?,16-,17?/m0/s1. The van der Waals surface area contributed by atoms with Crippen LogP contribution in [0.2, 0.25) is 0 Å². The molecule has 1 aliphatic heterocycles. The van der Waals surface area contributed by atoms with Crippen molar-refractivity contribution in [2.24, 2.45) is 10.8 Å². The van der Waals surface area contributed by atoms with Gasteiger partial charge in [-0.1, -0.05) is 53.7 Å². The van der Waals surface area contributed by atoms with E-state index in [1.54, 1.807) is 24.3 Å². The van der Waals surface area contributed by atoms with Crippen molar-refractivity contribution in [1.29, 1.82) is 5.26 Å². The predicted molar refractivity (Wildman–Crippen MR) is 105 cm³/mol. The molecule has 0 radical (unpaired) electrons. The lowest BCUT2D eigenvalue weighted by Gasteiger charge is -2.57. The number of nitriles is 1. The van der Waals surface area contributed by atoms with E-state index < -0.39 is 41.1 Å². The van der Waals surface area contributed by atoms with Gasteiger partial charge in [-0.2, -0.15) is 5.26 Å². The highest BCUT2D eigenvalue weighted by Crippen LogP contribution is 2.45. The first kappa shape index (κ1) is 21.5. The molecule has 1 aromatic carbocycles. The molecule has 0 aromatic heterocycles. The molecule has 0 saturated carbocycles. The van der Waals surface area contributed by atoms with Crippen LogP contribution in [0.5, 0.6) is 0 Å². The fourth-order valence-corrected chi connectivity index (χ4v) is 4.05. The molecule has 1 aromatic rings. The Hall–Kier alpha value is -2.75. The van der Waals surface area contributed by atoms with Gasteiger partial charge in [-0.3, -0.25) is 9.80 Å². The zero-order valence-electron chi connectivity index (χ0n) is 17.3. The van der Waals surface area contributed by atoms with Crippen LogP contribution < -0.4 is 0 Å². The number of benzene rings is 1. The van der Waals surface area contributed by atoms with Crippen molar-refractivity contribution < 1.29 is 19.8 Å². The van der Waals surface area contributed by atoms with Crippen LogP contribution in [-0.4, -0.2) is 50.8 Å². The summed E-state index contributed by atoms with van der Waals surface area (Å²) >= 11 is 0. The highest BCUT2D eigenvalue weighted by atomic mass is 16.4. The number of nitrogens with zero attached hydrogens (tertiary/aromatic N) is 3. The molecule has 0 aliphatic carbocycles. The maximum absolute atomic E-state index is 12.3. The van der Waals surface area contributed by atoms with Crippen LogP contribution in [0, 0.1) is 22.2 Å². The second-order valence-corrected chi connectivity index (χ2v) is 9.50. The van der Waals surface area contributed by atoms with Crippen LogP contribution in [-0.2, 0) is 0 Å². The smallest absolute Gasteiger partial charge is 0.407 e. The summed E-state index contributed by atoms with van der Waals surface area (Å²) in [5, 5.41) is 29.1. The Morgan fingerprint density at radius 1 is 1.00 bits per heavy atom. The maximum Gasteiger partial charge on any atom is 0.407 e. The van der Waals surface area contributed by atoms with Crippen molar-refractivity contribution in [2.45, 2.75) is 59.7 Å². The number of carboxylic acid groups (broad SMARTS) is 2. The van der Waals surface area contributed by atoms with Crippen LogP contribution in [0.4, 0.5) is 9.59 Å². The molecule has 7 heteroatoms. The fourth-order valence-electron chi connectivity index (χ4n) is 4.05. The first-order chi connectivity index (χ1) is 12.8. The Morgan fingerprint density at radius 3 is 1.89 bits per heavy atom. The summed E-state index contributed by atoms with van der Waals surface area (Å²) in [6.45, 7) is 11.6. The zero-order valence-corrected chi connectivity index (χ0v) is 17.3. The molecule has 1 saturated heterocycles. The molecule has 0 spiro atoms. The van der Waals surface area contributed by atoms with Gasteiger partial charge in [-0.15, -0.1) is 0 Å². The van der Waals surface area contributed by atoms with Gasteiger partial charge < -0.3 is 10.2 Å². The van der Waals surface area contributed by atoms with Crippen LogP contribution in [0.15, 0.2) is 24.3 Å². The third kappa shape index (κ3) is 4.06. The van der Waals surface area contributed by atoms with Crippen molar-refractivity contribution >= 4 is 12.2 Å². The molecular weight excluding hydrogens is 358 g/mol. The molecule has 1 fully saturated rings. The Bertz CT molecular complexity index is 784. The third-order valence-corrected chi connectivity index (χ3v) is 5.37. The van der Waals surface area contributed by atoms with Gasteiger partial charge in [-0.05, 0) is 28.5 Å². The highest BCUT2D eigenvalue weighted by Gasteiger charge is 2.53. The molecule has 1 heterocycles. The monoisotopic (exact) mass is 387 g/mol. The maximum atomic E-state index is 12.3. The zero-order chi connectivity index (χ0) is 21.4. The van der Waals surface area contributed by atoms with Gasteiger partial charge in [0.25, 0.3) is 0 Å². The van der Waals surface area contributed by atoms with Crippen LogP contribution in [0.3, 0.4) is 0 Å². The van der Waals surface area contributed by atoms with Gasteiger partial charge in [0.1, 0.15) is 0 Å². The molecule has 1 aliphatic rings. The number of rotatable bonds is 1.